The lowest BCUT2D eigenvalue weighted by atomic mass is 9.71. The number of nitrogens with zero attached hydrogens (tertiary/aromatic N) is 2. The lowest BCUT2D eigenvalue weighted by molar-refractivity contribution is -0.0837. The van der Waals surface area contributed by atoms with E-state index in [1.165, 1.54) is 22.6 Å². The van der Waals surface area contributed by atoms with Crippen molar-refractivity contribution in [1.29, 1.82) is 0 Å². The molecule has 0 radical (unpaired) electrons. The zero-order valence-corrected chi connectivity index (χ0v) is 25.8. The van der Waals surface area contributed by atoms with Crippen molar-refractivity contribution in [2.45, 2.75) is 71.3 Å². The largest absolute Gasteiger partial charge is 0.388 e. The Bertz CT molecular complexity index is 1510. The molecule has 1 aromatic carbocycles. The summed E-state index contributed by atoms with van der Waals surface area (Å²) in [5.74, 6) is 0.622. The number of β-amino-alcohol motifs (C(OH)–C–C–N with tert-alkyl or cyclic N) is 1. The summed E-state index contributed by atoms with van der Waals surface area (Å²) in [6.07, 6.45) is 5.35. The minimum atomic E-state index is -3.41. The molecule has 1 aliphatic carbocycles. The van der Waals surface area contributed by atoms with Gasteiger partial charge in [0.15, 0.2) is 5.78 Å². The third-order valence-corrected chi connectivity index (χ3v) is 10.1. The van der Waals surface area contributed by atoms with Gasteiger partial charge in [-0.05, 0) is 91.8 Å². The monoisotopic (exact) mass is 583 g/mol. The molecule has 9 heteroatoms. The van der Waals surface area contributed by atoms with E-state index in [1.54, 1.807) is 6.07 Å². The quantitative estimate of drug-likeness (QED) is 0.317. The van der Waals surface area contributed by atoms with E-state index in [1.807, 2.05) is 31.2 Å². The average Bonchev–Trinajstić information content (AvgIpc) is 3.25. The zero-order valence-electron chi connectivity index (χ0n) is 24.2. The van der Waals surface area contributed by atoms with Gasteiger partial charge >= 0.3 is 0 Å². The molecule has 0 saturated carbocycles. The fourth-order valence-electron chi connectivity index (χ4n) is 6.19. The van der Waals surface area contributed by atoms with E-state index in [-0.39, 0.29) is 17.1 Å². The first-order chi connectivity index (χ1) is 18.6. The molecular formula is C31H41N3O4S2. The molecule has 0 bridgehead atoms. The molecule has 5 rings (SSSR count). The number of sulfonamides is 1. The molecule has 0 amide bonds. The van der Waals surface area contributed by atoms with Crippen molar-refractivity contribution in [3.63, 3.8) is 0 Å². The summed E-state index contributed by atoms with van der Waals surface area (Å²) in [6.45, 7) is 10.8. The number of thiophene rings is 1. The number of nitrogens with one attached hydrogen (secondary N) is 1. The Balaban J connectivity index is 1.36. The minimum absolute atomic E-state index is 0.0793. The molecule has 3 heterocycles. The van der Waals surface area contributed by atoms with E-state index in [0.29, 0.717) is 31.1 Å². The molecule has 0 unspecified atom stereocenters. The van der Waals surface area contributed by atoms with Gasteiger partial charge in [-0.3, -0.25) is 14.4 Å². The number of benzene rings is 1. The maximum absolute atomic E-state index is 13.7. The molecule has 2 aromatic heterocycles. The van der Waals surface area contributed by atoms with Gasteiger partial charge in [-0.2, -0.15) is 0 Å². The maximum Gasteiger partial charge on any atom is 0.229 e. The second kappa shape index (κ2) is 10.8. The third kappa shape index (κ3) is 6.93. The van der Waals surface area contributed by atoms with Gasteiger partial charge in [-0.1, -0.05) is 32.9 Å². The van der Waals surface area contributed by atoms with Crippen LogP contribution in [0, 0.1) is 11.3 Å². The summed E-state index contributed by atoms with van der Waals surface area (Å²) < 4.78 is 26.2. The number of carbonyl (C=O) groups excluding carboxylic acids is 1. The highest BCUT2D eigenvalue weighted by atomic mass is 32.2. The predicted molar refractivity (Wildman–Crippen MR) is 163 cm³/mol. The number of aryl methyl sites for hydroxylation is 1. The summed E-state index contributed by atoms with van der Waals surface area (Å²) in [5, 5.41) is 11.2. The predicted octanol–water partition coefficient (Wildman–Crippen LogP) is 5.63. The topological polar surface area (TPSA) is 99.6 Å². The van der Waals surface area contributed by atoms with Crippen LogP contribution in [0.25, 0.3) is 10.2 Å². The van der Waals surface area contributed by atoms with Crippen molar-refractivity contribution < 1.29 is 18.3 Å². The average molecular weight is 584 g/mol. The Morgan fingerprint density at radius 2 is 2.00 bits per heavy atom. The molecule has 3 aromatic rings. The summed E-state index contributed by atoms with van der Waals surface area (Å²) in [5.41, 5.74) is 3.52. The number of fused-ring (bicyclic) bond motifs is 2. The summed E-state index contributed by atoms with van der Waals surface area (Å²) >= 11 is 1.48. The number of aromatic nitrogens is 1. The van der Waals surface area contributed by atoms with Crippen LogP contribution in [0.3, 0.4) is 0 Å². The molecule has 7 nitrogen and oxygen atoms in total. The molecule has 40 heavy (non-hydrogen) atoms. The molecule has 2 atom stereocenters. The van der Waals surface area contributed by atoms with Crippen molar-refractivity contribution in [3.8, 4) is 0 Å². The first kappa shape index (κ1) is 29.2. The SMILES string of the molecule is CC1(O)CN(CC[C@@H](CC(=O)c2cc3cc4c(nc3s2)CC[C@H](C(C)(C)C)C4)c2cccc(NS(C)(=O)=O)c2)C1. The Hall–Kier alpha value is -2.33. The van der Waals surface area contributed by atoms with E-state index < -0.39 is 15.6 Å². The van der Waals surface area contributed by atoms with Crippen LogP contribution in [0.5, 0.6) is 0 Å². The van der Waals surface area contributed by atoms with Gasteiger partial charge in [0.05, 0.1) is 16.7 Å². The Kier molecular flexibility index (Phi) is 7.89. The first-order valence-electron chi connectivity index (χ1n) is 14.1. The van der Waals surface area contributed by atoms with Crippen molar-refractivity contribution in [2.75, 3.05) is 30.6 Å². The van der Waals surface area contributed by atoms with Crippen LogP contribution in [0.15, 0.2) is 36.4 Å². The smallest absolute Gasteiger partial charge is 0.229 e. The van der Waals surface area contributed by atoms with Gasteiger partial charge in [0.2, 0.25) is 10.0 Å². The molecule has 2 aliphatic rings. The fourth-order valence-corrected chi connectivity index (χ4v) is 7.73. The molecule has 0 spiro atoms. The highest BCUT2D eigenvalue weighted by molar-refractivity contribution is 7.92. The highest BCUT2D eigenvalue weighted by Crippen LogP contribution is 2.39. The van der Waals surface area contributed by atoms with E-state index in [0.717, 1.165) is 59.1 Å². The number of carbonyl (C=O) groups is 1. The standard InChI is InChI=1S/C31H41N3O4S2/c1-30(2,3)24-9-10-26-22(14-24)13-23-17-28(39-29(23)32-26)27(35)16-21(11-12-34-18-31(4,36)19-34)20-7-6-8-25(15-20)33-40(5,37)38/h6-8,13,15,17,21,24,33,36H,9-12,14,16,18-19H2,1-5H3/t21-,24-/m0/s1. The number of pyridine rings is 1. The molecule has 2 N–H and O–H groups in total. The van der Waals surface area contributed by atoms with Gasteiger partial charge in [0.25, 0.3) is 0 Å². The van der Waals surface area contributed by atoms with Crippen molar-refractivity contribution in [1.82, 2.24) is 9.88 Å². The summed E-state index contributed by atoms with van der Waals surface area (Å²) in [6, 6.07) is 11.6. The van der Waals surface area contributed by atoms with E-state index in [2.05, 4.69) is 36.5 Å². The Labute approximate surface area is 242 Å². The summed E-state index contributed by atoms with van der Waals surface area (Å²) in [4.78, 5) is 22.5. The zero-order chi connectivity index (χ0) is 28.9. The van der Waals surface area contributed by atoms with Crippen LogP contribution in [0.2, 0.25) is 0 Å². The lowest BCUT2D eigenvalue weighted by Gasteiger charge is -2.44. The first-order valence-corrected chi connectivity index (χ1v) is 16.8. The fraction of sp³-hybridized carbons (Fsp3) is 0.548. The second-order valence-electron chi connectivity index (χ2n) is 13.2. The minimum Gasteiger partial charge on any atom is -0.388 e. The molecule has 1 fully saturated rings. The Morgan fingerprint density at radius 3 is 2.67 bits per heavy atom. The normalized spacial score (nSPS) is 20.1. The number of anilines is 1. The number of likely N-dealkylation sites (tertiary alicyclic amines) is 1. The van der Waals surface area contributed by atoms with Gasteiger partial charge in [-0.25, -0.2) is 13.4 Å². The van der Waals surface area contributed by atoms with Crippen LogP contribution >= 0.6 is 11.3 Å². The number of Topliss-reactive ketones (excluding diaryl/α,β-unsaturated/α-hetero) is 1. The molecule has 1 aliphatic heterocycles. The van der Waals surface area contributed by atoms with Crippen LogP contribution < -0.4 is 4.72 Å². The van der Waals surface area contributed by atoms with E-state index >= 15 is 0 Å². The Morgan fingerprint density at radius 1 is 1.25 bits per heavy atom. The van der Waals surface area contributed by atoms with Crippen LogP contribution in [0.1, 0.15) is 79.4 Å². The highest BCUT2D eigenvalue weighted by Gasteiger charge is 2.36. The van der Waals surface area contributed by atoms with Crippen LogP contribution in [-0.4, -0.2) is 60.7 Å². The maximum atomic E-state index is 13.7. The van der Waals surface area contributed by atoms with Gasteiger partial charge in [-0.15, -0.1) is 11.3 Å². The molecular weight excluding hydrogens is 542 g/mol. The van der Waals surface area contributed by atoms with Crippen LogP contribution in [0.4, 0.5) is 5.69 Å². The number of aliphatic hydroxyl groups is 1. The van der Waals surface area contributed by atoms with Crippen molar-refractivity contribution in [2.24, 2.45) is 11.3 Å². The lowest BCUT2D eigenvalue weighted by Crippen LogP contribution is -2.59. The number of rotatable bonds is 9. The summed E-state index contributed by atoms with van der Waals surface area (Å²) in [7, 11) is -3.41. The van der Waals surface area contributed by atoms with Gasteiger partial charge < -0.3 is 5.11 Å². The number of hydrogen-bond acceptors (Lipinski definition) is 7. The van der Waals surface area contributed by atoms with Gasteiger partial charge in [0, 0.05) is 36.3 Å². The molecule has 216 valence electrons. The number of hydrogen-bond donors (Lipinski definition) is 2. The van der Waals surface area contributed by atoms with Crippen LogP contribution in [-0.2, 0) is 22.9 Å². The van der Waals surface area contributed by atoms with Gasteiger partial charge in [0.1, 0.15) is 4.83 Å². The van der Waals surface area contributed by atoms with E-state index in [9.17, 15) is 18.3 Å². The van der Waals surface area contributed by atoms with Crippen molar-refractivity contribution >= 4 is 43.0 Å². The molecule has 1 saturated heterocycles. The van der Waals surface area contributed by atoms with E-state index in [4.69, 9.17) is 4.98 Å². The van der Waals surface area contributed by atoms with Crippen molar-refractivity contribution in [3.05, 3.63) is 58.1 Å². The number of ketones is 1. The third-order valence-electron chi connectivity index (χ3n) is 8.39. The second-order valence-corrected chi connectivity index (χ2v) is 16.0.